The number of ether oxygens (including phenoxy) is 1. The monoisotopic (exact) mass is 289 g/mol. The zero-order valence-electron chi connectivity index (χ0n) is 13.2. The number of piperidine rings is 1. The standard InChI is InChI=1S/C17H25N2O2/c1-17(2,3)21-16(20)19-10-8-13(9-11-19)15-7-5-4-6-14(15)12-18/h4-7H,8-12,18H2,1-3H3. The molecule has 1 aliphatic heterocycles. The molecule has 0 aliphatic carbocycles. The highest BCUT2D eigenvalue weighted by molar-refractivity contribution is 5.68. The van der Waals surface area contributed by atoms with Gasteiger partial charge in [-0.1, -0.05) is 24.3 Å². The summed E-state index contributed by atoms with van der Waals surface area (Å²) in [7, 11) is 0. The summed E-state index contributed by atoms with van der Waals surface area (Å²) in [5.74, 6) is 1.39. The van der Waals surface area contributed by atoms with Crippen molar-refractivity contribution in [2.75, 3.05) is 13.1 Å². The number of hydrogen-bond acceptors (Lipinski definition) is 3. The van der Waals surface area contributed by atoms with Gasteiger partial charge >= 0.3 is 6.09 Å². The van der Waals surface area contributed by atoms with Crippen molar-refractivity contribution in [2.24, 2.45) is 5.73 Å². The van der Waals surface area contributed by atoms with E-state index >= 15 is 0 Å². The normalized spacial score (nSPS) is 16.9. The van der Waals surface area contributed by atoms with E-state index < -0.39 is 5.60 Å². The summed E-state index contributed by atoms with van der Waals surface area (Å²) < 4.78 is 5.42. The van der Waals surface area contributed by atoms with Crippen molar-refractivity contribution >= 4 is 6.09 Å². The van der Waals surface area contributed by atoms with Gasteiger partial charge in [-0.05, 0) is 44.7 Å². The molecule has 4 nitrogen and oxygen atoms in total. The summed E-state index contributed by atoms with van der Waals surface area (Å²) in [5.41, 5.74) is 7.80. The predicted molar refractivity (Wildman–Crippen MR) is 83.7 cm³/mol. The third-order valence-corrected chi connectivity index (χ3v) is 3.64. The van der Waals surface area contributed by atoms with Gasteiger partial charge in [0.25, 0.3) is 0 Å². The molecule has 115 valence electrons. The van der Waals surface area contributed by atoms with Crippen LogP contribution in [0.2, 0.25) is 0 Å². The summed E-state index contributed by atoms with van der Waals surface area (Å²) in [6, 6.07) is 8.26. The minimum atomic E-state index is -0.437. The Balaban J connectivity index is 1.96. The molecule has 0 atom stereocenters. The molecular formula is C17H25N2O2. The molecule has 21 heavy (non-hydrogen) atoms. The van der Waals surface area contributed by atoms with Crippen molar-refractivity contribution in [2.45, 2.75) is 45.8 Å². The number of hydrogen-bond donors (Lipinski definition) is 1. The minimum absolute atomic E-state index is 0.214. The van der Waals surface area contributed by atoms with E-state index in [2.05, 4.69) is 12.1 Å². The number of benzene rings is 1. The van der Waals surface area contributed by atoms with E-state index in [1.165, 1.54) is 17.0 Å². The van der Waals surface area contributed by atoms with E-state index in [-0.39, 0.29) is 6.09 Å². The van der Waals surface area contributed by atoms with Gasteiger partial charge in [-0.25, -0.2) is 4.79 Å². The van der Waals surface area contributed by atoms with Crippen molar-refractivity contribution in [3.63, 3.8) is 0 Å². The van der Waals surface area contributed by atoms with Crippen LogP contribution in [0.5, 0.6) is 0 Å². The lowest BCUT2D eigenvalue weighted by Crippen LogP contribution is -2.41. The maximum absolute atomic E-state index is 12.1. The smallest absolute Gasteiger partial charge is 0.410 e. The van der Waals surface area contributed by atoms with Crippen LogP contribution in [0.25, 0.3) is 0 Å². The van der Waals surface area contributed by atoms with Gasteiger partial charge in [-0.3, -0.25) is 0 Å². The first-order valence-corrected chi connectivity index (χ1v) is 7.51. The second kappa shape index (κ2) is 6.48. The van der Waals surface area contributed by atoms with Gasteiger partial charge in [-0.15, -0.1) is 0 Å². The Morgan fingerprint density at radius 1 is 1.24 bits per heavy atom. The Hall–Kier alpha value is -1.55. The molecule has 0 unspecified atom stereocenters. The predicted octanol–water partition coefficient (Wildman–Crippen LogP) is 3.10. The highest BCUT2D eigenvalue weighted by atomic mass is 16.6. The van der Waals surface area contributed by atoms with Crippen molar-refractivity contribution < 1.29 is 9.53 Å². The summed E-state index contributed by atoms with van der Waals surface area (Å²) in [5, 5.41) is 0. The number of likely N-dealkylation sites (tertiary alicyclic amines) is 1. The summed E-state index contributed by atoms with van der Waals surface area (Å²) >= 11 is 0. The molecule has 1 aliphatic rings. The maximum atomic E-state index is 12.1. The Kier molecular flexibility index (Phi) is 4.88. The lowest BCUT2D eigenvalue weighted by Gasteiger charge is -2.33. The van der Waals surface area contributed by atoms with E-state index in [4.69, 9.17) is 10.5 Å². The lowest BCUT2D eigenvalue weighted by molar-refractivity contribution is 0.0228. The molecule has 0 aromatic heterocycles. The number of carbonyl (C=O) groups excluding carboxylic acids is 1. The molecule has 1 amide bonds. The Bertz CT molecular complexity index is 486. The Morgan fingerprint density at radius 2 is 1.86 bits per heavy atom. The molecule has 1 heterocycles. The summed E-state index contributed by atoms with van der Waals surface area (Å²) in [6.45, 7) is 7.65. The molecule has 1 radical (unpaired) electrons. The Morgan fingerprint density at radius 3 is 2.43 bits per heavy atom. The van der Waals surface area contributed by atoms with Gasteiger partial charge in [0.1, 0.15) is 5.60 Å². The van der Waals surface area contributed by atoms with Gasteiger partial charge in [0.05, 0.1) is 0 Å². The maximum Gasteiger partial charge on any atom is 0.410 e. The van der Waals surface area contributed by atoms with E-state index in [1.54, 1.807) is 4.90 Å². The molecule has 4 heteroatoms. The van der Waals surface area contributed by atoms with Gasteiger partial charge < -0.3 is 15.4 Å². The zero-order valence-corrected chi connectivity index (χ0v) is 13.2. The number of amides is 1. The second-order valence-corrected chi connectivity index (χ2v) is 6.43. The van der Waals surface area contributed by atoms with Crippen LogP contribution in [0.4, 0.5) is 4.79 Å². The molecule has 0 bridgehead atoms. The van der Waals surface area contributed by atoms with Crippen molar-refractivity contribution in [3.05, 3.63) is 41.3 Å². The summed E-state index contributed by atoms with van der Waals surface area (Å²) in [6.07, 6.45) is 1.56. The first-order chi connectivity index (χ1) is 9.90. The molecule has 1 fully saturated rings. The van der Waals surface area contributed by atoms with Crippen molar-refractivity contribution in [1.82, 2.24) is 4.90 Å². The number of nitrogens with two attached hydrogens (primary N) is 1. The minimum Gasteiger partial charge on any atom is -0.444 e. The van der Waals surface area contributed by atoms with E-state index in [0.717, 1.165) is 12.8 Å². The van der Waals surface area contributed by atoms with Gasteiger partial charge in [0, 0.05) is 25.6 Å². The first-order valence-electron chi connectivity index (χ1n) is 7.51. The molecule has 0 saturated carbocycles. The van der Waals surface area contributed by atoms with E-state index in [1.807, 2.05) is 32.9 Å². The fourth-order valence-electron chi connectivity index (χ4n) is 2.60. The van der Waals surface area contributed by atoms with Crippen LogP contribution >= 0.6 is 0 Å². The number of nitrogens with zero attached hydrogens (tertiary/aromatic N) is 1. The van der Waals surface area contributed by atoms with Gasteiger partial charge in [0.15, 0.2) is 0 Å². The summed E-state index contributed by atoms with van der Waals surface area (Å²) in [4.78, 5) is 13.8. The fraction of sp³-hybridized carbons (Fsp3) is 0.529. The van der Waals surface area contributed by atoms with Crippen LogP contribution in [-0.4, -0.2) is 29.7 Å². The third-order valence-electron chi connectivity index (χ3n) is 3.64. The molecule has 2 N–H and O–H groups in total. The molecular weight excluding hydrogens is 264 g/mol. The SMILES string of the molecule is CC(C)(C)OC(=O)N1CC[C](c2ccccc2CN)CC1. The lowest BCUT2D eigenvalue weighted by atomic mass is 9.86. The molecule has 1 saturated heterocycles. The van der Waals surface area contributed by atoms with Crippen molar-refractivity contribution in [3.8, 4) is 0 Å². The van der Waals surface area contributed by atoms with Crippen LogP contribution < -0.4 is 5.73 Å². The largest absolute Gasteiger partial charge is 0.444 e. The van der Waals surface area contributed by atoms with Crippen LogP contribution in [0.15, 0.2) is 24.3 Å². The van der Waals surface area contributed by atoms with Crippen LogP contribution in [0.1, 0.15) is 44.7 Å². The Labute approximate surface area is 127 Å². The average Bonchev–Trinajstić information content (AvgIpc) is 2.45. The number of rotatable bonds is 2. The topological polar surface area (TPSA) is 55.6 Å². The van der Waals surface area contributed by atoms with E-state index in [0.29, 0.717) is 19.6 Å². The molecule has 2 rings (SSSR count). The third kappa shape index (κ3) is 4.21. The number of carbonyl (C=O) groups is 1. The van der Waals surface area contributed by atoms with Crippen LogP contribution in [0, 0.1) is 5.92 Å². The molecule has 1 aromatic rings. The zero-order chi connectivity index (χ0) is 15.5. The average molecular weight is 289 g/mol. The van der Waals surface area contributed by atoms with E-state index in [9.17, 15) is 4.79 Å². The van der Waals surface area contributed by atoms with Gasteiger partial charge in [-0.2, -0.15) is 0 Å². The van der Waals surface area contributed by atoms with Gasteiger partial charge in [0.2, 0.25) is 0 Å². The first kappa shape index (κ1) is 15.8. The van der Waals surface area contributed by atoms with Crippen LogP contribution in [0.3, 0.4) is 0 Å². The van der Waals surface area contributed by atoms with Crippen LogP contribution in [-0.2, 0) is 11.3 Å². The molecule has 0 spiro atoms. The fourth-order valence-corrected chi connectivity index (χ4v) is 2.60. The van der Waals surface area contributed by atoms with Crippen molar-refractivity contribution in [1.29, 1.82) is 0 Å². The highest BCUT2D eigenvalue weighted by Gasteiger charge is 2.28. The highest BCUT2D eigenvalue weighted by Crippen LogP contribution is 2.29. The second-order valence-electron chi connectivity index (χ2n) is 6.43. The molecule has 1 aromatic carbocycles. The quantitative estimate of drug-likeness (QED) is 0.910.